The maximum absolute atomic E-state index is 13.1. The first kappa shape index (κ1) is 17.3. The van der Waals surface area contributed by atoms with Gasteiger partial charge in [-0.2, -0.15) is 0 Å². The smallest absolute Gasteiger partial charge is 0.253 e. The van der Waals surface area contributed by atoms with Crippen LogP contribution in [0.15, 0.2) is 54.7 Å². The van der Waals surface area contributed by atoms with Crippen molar-refractivity contribution >= 4 is 16.8 Å². The van der Waals surface area contributed by atoms with Crippen LogP contribution < -0.4 is 4.74 Å². The van der Waals surface area contributed by atoms with Gasteiger partial charge in [-0.3, -0.25) is 9.69 Å². The number of hydrogen-bond donors (Lipinski definition) is 1. The molecule has 0 saturated carbocycles. The van der Waals surface area contributed by atoms with Gasteiger partial charge in [-0.25, -0.2) is 0 Å². The zero-order valence-corrected chi connectivity index (χ0v) is 16.3. The summed E-state index contributed by atoms with van der Waals surface area (Å²) >= 11 is 0. The summed E-state index contributed by atoms with van der Waals surface area (Å²) < 4.78 is 5.30. The fourth-order valence-electron chi connectivity index (χ4n) is 5.09. The summed E-state index contributed by atoms with van der Waals surface area (Å²) in [5, 5.41) is 1.14. The molecule has 3 aromatic rings. The summed E-state index contributed by atoms with van der Waals surface area (Å²) in [6.45, 7) is 2.68. The second-order valence-electron chi connectivity index (χ2n) is 8.07. The number of rotatable bonds is 3. The number of amides is 1. The molecule has 144 valence electrons. The highest BCUT2D eigenvalue weighted by Crippen LogP contribution is 2.44. The molecule has 5 rings (SSSR count). The van der Waals surface area contributed by atoms with E-state index in [1.807, 2.05) is 47.5 Å². The fourth-order valence-corrected chi connectivity index (χ4v) is 5.09. The van der Waals surface area contributed by atoms with Crippen molar-refractivity contribution in [1.82, 2.24) is 14.8 Å². The molecule has 2 aliphatic heterocycles. The van der Waals surface area contributed by atoms with Crippen molar-refractivity contribution < 1.29 is 9.53 Å². The minimum Gasteiger partial charge on any atom is -0.497 e. The number of fused-ring (bicyclic) bond motifs is 2. The number of aromatic nitrogens is 1. The summed E-state index contributed by atoms with van der Waals surface area (Å²) in [5.41, 5.74) is 3.09. The number of ether oxygens (including phenoxy) is 1. The number of hydrogen-bond acceptors (Lipinski definition) is 3. The molecule has 0 bridgehead atoms. The van der Waals surface area contributed by atoms with E-state index in [-0.39, 0.29) is 5.91 Å². The van der Waals surface area contributed by atoms with E-state index in [0.29, 0.717) is 17.9 Å². The summed E-state index contributed by atoms with van der Waals surface area (Å²) in [7, 11) is 3.89. The van der Waals surface area contributed by atoms with E-state index in [2.05, 4.69) is 29.1 Å². The minimum absolute atomic E-state index is 0.141. The number of aromatic amines is 1. The van der Waals surface area contributed by atoms with Crippen LogP contribution in [0.5, 0.6) is 5.75 Å². The maximum Gasteiger partial charge on any atom is 0.253 e. The minimum atomic E-state index is 0.141. The Bertz CT molecular complexity index is 1010. The molecular formula is C23H25N3O2. The van der Waals surface area contributed by atoms with Crippen molar-refractivity contribution in [2.75, 3.05) is 33.8 Å². The molecule has 3 heterocycles. The Morgan fingerprint density at radius 3 is 2.68 bits per heavy atom. The number of carbonyl (C=O) groups excluding carboxylic acids is 1. The number of H-pyrrole nitrogens is 1. The third kappa shape index (κ3) is 2.78. The molecule has 0 aliphatic carbocycles. The van der Waals surface area contributed by atoms with Gasteiger partial charge < -0.3 is 14.6 Å². The van der Waals surface area contributed by atoms with Crippen molar-refractivity contribution in [2.24, 2.45) is 11.8 Å². The van der Waals surface area contributed by atoms with Gasteiger partial charge in [0.15, 0.2) is 0 Å². The molecule has 5 heteroatoms. The Balaban J connectivity index is 1.37. The van der Waals surface area contributed by atoms with Crippen LogP contribution in [0.3, 0.4) is 0 Å². The number of nitrogens with one attached hydrogen (secondary N) is 1. The van der Waals surface area contributed by atoms with Crippen LogP contribution in [0.2, 0.25) is 0 Å². The number of methoxy groups -OCH3 is 1. The number of carbonyl (C=O) groups is 1. The Hall–Kier alpha value is -2.79. The van der Waals surface area contributed by atoms with Gasteiger partial charge in [0.25, 0.3) is 5.91 Å². The predicted octanol–water partition coefficient (Wildman–Crippen LogP) is 3.55. The Labute approximate surface area is 164 Å². The summed E-state index contributed by atoms with van der Waals surface area (Å²) in [6.07, 6.45) is 1.91. The van der Waals surface area contributed by atoms with Crippen LogP contribution >= 0.6 is 0 Å². The number of benzene rings is 2. The van der Waals surface area contributed by atoms with Gasteiger partial charge in [0, 0.05) is 48.9 Å². The molecule has 5 nitrogen and oxygen atoms in total. The summed E-state index contributed by atoms with van der Waals surface area (Å²) in [4.78, 5) is 20.8. The molecule has 0 radical (unpaired) electrons. The third-order valence-electron chi connectivity index (χ3n) is 6.44. The van der Waals surface area contributed by atoms with E-state index >= 15 is 0 Å². The molecule has 2 fully saturated rings. The van der Waals surface area contributed by atoms with Gasteiger partial charge in [-0.05, 0) is 54.2 Å². The molecule has 2 aromatic carbocycles. The average Bonchev–Trinajstić information content (AvgIpc) is 3.41. The molecule has 1 amide bonds. The lowest BCUT2D eigenvalue weighted by molar-refractivity contribution is 0.0768. The van der Waals surface area contributed by atoms with Crippen molar-refractivity contribution in [3.05, 3.63) is 65.9 Å². The summed E-state index contributed by atoms with van der Waals surface area (Å²) in [6, 6.07) is 16.7. The lowest BCUT2D eigenvalue weighted by Gasteiger charge is -2.27. The monoisotopic (exact) mass is 375 g/mol. The second kappa shape index (κ2) is 6.67. The van der Waals surface area contributed by atoms with E-state index in [1.165, 1.54) is 5.56 Å². The van der Waals surface area contributed by atoms with E-state index in [4.69, 9.17) is 4.74 Å². The third-order valence-corrected chi connectivity index (χ3v) is 6.44. The number of likely N-dealkylation sites (tertiary alicyclic amines) is 2. The first-order chi connectivity index (χ1) is 13.6. The van der Waals surface area contributed by atoms with E-state index in [1.54, 1.807) is 7.11 Å². The van der Waals surface area contributed by atoms with Gasteiger partial charge in [0.1, 0.15) is 5.75 Å². The molecule has 2 saturated heterocycles. The van der Waals surface area contributed by atoms with Gasteiger partial charge in [-0.15, -0.1) is 0 Å². The molecular weight excluding hydrogens is 350 g/mol. The molecule has 2 aliphatic rings. The Kier molecular flexibility index (Phi) is 4.13. The highest BCUT2D eigenvalue weighted by molar-refractivity contribution is 5.98. The highest BCUT2D eigenvalue weighted by atomic mass is 16.5. The summed E-state index contributed by atoms with van der Waals surface area (Å²) in [5.74, 6) is 2.01. The van der Waals surface area contributed by atoms with Crippen LogP contribution in [-0.2, 0) is 0 Å². The highest BCUT2D eigenvalue weighted by Gasteiger charge is 2.47. The molecule has 28 heavy (non-hydrogen) atoms. The van der Waals surface area contributed by atoms with Crippen LogP contribution in [0.4, 0.5) is 0 Å². The lowest BCUT2D eigenvalue weighted by Crippen LogP contribution is -2.33. The molecule has 0 unspecified atom stereocenters. The fraction of sp³-hybridized carbons (Fsp3) is 0.348. The van der Waals surface area contributed by atoms with E-state index < -0.39 is 0 Å². The van der Waals surface area contributed by atoms with Gasteiger partial charge in [0.2, 0.25) is 0 Å². The normalized spacial score (nSPS) is 24.6. The molecule has 1 N–H and O–H groups in total. The number of nitrogens with zero attached hydrogens (tertiary/aromatic N) is 2. The van der Waals surface area contributed by atoms with Crippen LogP contribution in [0.1, 0.15) is 22.0 Å². The van der Waals surface area contributed by atoms with Crippen LogP contribution in [-0.4, -0.2) is 54.5 Å². The topological polar surface area (TPSA) is 48.6 Å². The second-order valence-corrected chi connectivity index (χ2v) is 8.07. The van der Waals surface area contributed by atoms with Gasteiger partial charge in [0.05, 0.1) is 7.11 Å². The zero-order valence-electron chi connectivity index (χ0n) is 16.3. The van der Waals surface area contributed by atoms with Crippen LogP contribution in [0.25, 0.3) is 10.9 Å². The first-order valence-electron chi connectivity index (χ1n) is 9.84. The zero-order chi connectivity index (χ0) is 19.3. The quantitative estimate of drug-likeness (QED) is 0.762. The van der Waals surface area contributed by atoms with Gasteiger partial charge in [-0.1, -0.05) is 18.2 Å². The van der Waals surface area contributed by atoms with Crippen molar-refractivity contribution in [3.8, 4) is 5.75 Å². The van der Waals surface area contributed by atoms with E-state index in [0.717, 1.165) is 41.9 Å². The standard InChI is InChI=1S/C23H25N3O2/c1-25-12-18-13-26(23(27)17-4-3-15-9-10-24-21(15)11-17)14-20(18)22(25)16-5-7-19(28-2)8-6-16/h3-11,18,20,22,24H,12-14H2,1-2H3/t18-,20+,22+/m0/s1. The largest absolute Gasteiger partial charge is 0.497 e. The average molecular weight is 375 g/mol. The maximum atomic E-state index is 13.1. The predicted molar refractivity (Wildman–Crippen MR) is 110 cm³/mol. The Morgan fingerprint density at radius 2 is 1.89 bits per heavy atom. The molecule has 1 aromatic heterocycles. The Morgan fingerprint density at radius 1 is 1.07 bits per heavy atom. The lowest BCUT2D eigenvalue weighted by atomic mass is 9.89. The van der Waals surface area contributed by atoms with Crippen molar-refractivity contribution in [3.63, 3.8) is 0 Å². The van der Waals surface area contributed by atoms with E-state index in [9.17, 15) is 4.79 Å². The van der Waals surface area contributed by atoms with Crippen molar-refractivity contribution in [2.45, 2.75) is 6.04 Å². The molecule has 0 spiro atoms. The van der Waals surface area contributed by atoms with Crippen LogP contribution in [0, 0.1) is 11.8 Å². The first-order valence-corrected chi connectivity index (χ1v) is 9.84. The molecule has 3 atom stereocenters. The van der Waals surface area contributed by atoms with Gasteiger partial charge >= 0.3 is 0 Å². The van der Waals surface area contributed by atoms with Crippen molar-refractivity contribution in [1.29, 1.82) is 0 Å². The SMILES string of the molecule is COc1ccc([C@@H]2[C@@H]3CN(C(=O)c4ccc5cc[nH]c5c4)C[C@@H]3CN2C)cc1.